The Hall–Kier alpha value is -0.160. The van der Waals surface area contributed by atoms with E-state index in [9.17, 15) is 0 Å². The van der Waals surface area contributed by atoms with Gasteiger partial charge in [-0.05, 0) is 0 Å². The molecule has 0 bridgehead atoms. The summed E-state index contributed by atoms with van der Waals surface area (Å²) in [6, 6.07) is 0. The molecule has 0 radical (unpaired) electrons. The van der Waals surface area contributed by atoms with E-state index in [1.165, 1.54) is 0 Å². The molecule has 0 aliphatic heterocycles. The van der Waals surface area contributed by atoms with Gasteiger partial charge in [0.1, 0.15) is 0 Å². The van der Waals surface area contributed by atoms with E-state index in [4.69, 9.17) is 9.84 Å². The highest BCUT2D eigenvalue weighted by Crippen LogP contribution is 1.70. The maximum absolute atomic E-state index is 8.25. The minimum absolute atomic E-state index is 0.0764. The van der Waals surface area contributed by atoms with Crippen LogP contribution in [0.4, 0.5) is 0 Å². The molecular formula is C5H13NO3. The molecule has 0 atom stereocenters. The number of aliphatic hydroxyl groups is 1. The molecule has 56 valence electrons. The zero-order valence-electron chi connectivity index (χ0n) is 5.59. The Kier molecular flexibility index (Phi) is 7.70. The van der Waals surface area contributed by atoms with Crippen LogP contribution in [0, 0.1) is 0 Å². The predicted octanol–water partition coefficient (Wildman–Crippen LogP) is -0.854. The van der Waals surface area contributed by atoms with Crippen molar-refractivity contribution in [1.29, 1.82) is 0 Å². The van der Waals surface area contributed by atoms with Crippen molar-refractivity contribution in [2.24, 2.45) is 0 Å². The van der Waals surface area contributed by atoms with Gasteiger partial charge in [0, 0.05) is 6.54 Å². The van der Waals surface area contributed by atoms with Crippen molar-refractivity contribution in [3.8, 4) is 0 Å². The van der Waals surface area contributed by atoms with Crippen LogP contribution in [0.5, 0.6) is 0 Å². The highest BCUT2D eigenvalue weighted by atomic mass is 16.6. The number of rotatable bonds is 6. The molecule has 0 aliphatic rings. The van der Waals surface area contributed by atoms with E-state index in [-0.39, 0.29) is 6.61 Å². The summed E-state index contributed by atoms with van der Waals surface area (Å²) in [6.45, 7) is 1.68. The average Bonchev–Trinajstić information content (AvgIpc) is 1.89. The molecule has 0 aromatic rings. The molecular weight excluding hydrogens is 122 g/mol. The molecule has 0 saturated carbocycles. The number of aliphatic hydroxyl groups excluding tert-OH is 1. The number of hydrogen-bond acceptors (Lipinski definition) is 4. The lowest BCUT2D eigenvalue weighted by atomic mass is 10.7. The summed E-state index contributed by atoms with van der Waals surface area (Å²) in [7, 11) is 1.55. The van der Waals surface area contributed by atoms with E-state index in [0.717, 1.165) is 0 Å². The maximum atomic E-state index is 8.25. The molecule has 4 nitrogen and oxygen atoms in total. The zero-order chi connectivity index (χ0) is 6.95. The van der Waals surface area contributed by atoms with E-state index in [0.29, 0.717) is 19.8 Å². The van der Waals surface area contributed by atoms with Gasteiger partial charge in [0.2, 0.25) is 0 Å². The van der Waals surface area contributed by atoms with Crippen molar-refractivity contribution in [1.82, 2.24) is 5.48 Å². The second-order valence-corrected chi connectivity index (χ2v) is 1.43. The monoisotopic (exact) mass is 135 g/mol. The van der Waals surface area contributed by atoms with Crippen LogP contribution in [0.15, 0.2) is 0 Å². The van der Waals surface area contributed by atoms with E-state index >= 15 is 0 Å². The molecule has 0 heterocycles. The Labute approximate surface area is 54.7 Å². The normalized spacial score (nSPS) is 10.0. The van der Waals surface area contributed by atoms with Crippen LogP contribution >= 0.6 is 0 Å². The van der Waals surface area contributed by atoms with Crippen molar-refractivity contribution in [2.45, 2.75) is 0 Å². The van der Waals surface area contributed by atoms with Gasteiger partial charge in [0.15, 0.2) is 0 Å². The molecule has 4 heteroatoms. The smallest absolute Gasteiger partial charge is 0.0698 e. The molecule has 0 aromatic heterocycles. The van der Waals surface area contributed by atoms with Gasteiger partial charge in [-0.15, -0.1) is 0 Å². The van der Waals surface area contributed by atoms with Gasteiger partial charge < -0.3 is 14.7 Å². The van der Waals surface area contributed by atoms with Gasteiger partial charge in [-0.25, -0.2) is 5.48 Å². The van der Waals surface area contributed by atoms with Crippen LogP contribution in [0.2, 0.25) is 0 Å². The van der Waals surface area contributed by atoms with Crippen LogP contribution in [0.1, 0.15) is 0 Å². The van der Waals surface area contributed by atoms with Crippen molar-refractivity contribution in [3.63, 3.8) is 0 Å². The molecule has 0 amide bonds. The standard InChI is InChI=1S/C5H13NO3/c1-8-6-2-4-9-5-3-7/h6-7H,2-5H2,1H3. The number of ether oxygens (including phenoxy) is 1. The SMILES string of the molecule is CONCCOCCO. The highest BCUT2D eigenvalue weighted by Gasteiger charge is 1.83. The van der Waals surface area contributed by atoms with Gasteiger partial charge in [-0.1, -0.05) is 0 Å². The Morgan fingerprint density at radius 3 is 2.78 bits per heavy atom. The van der Waals surface area contributed by atoms with Gasteiger partial charge >= 0.3 is 0 Å². The minimum Gasteiger partial charge on any atom is -0.394 e. The van der Waals surface area contributed by atoms with Crippen LogP contribution in [-0.2, 0) is 9.57 Å². The molecule has 0 aliphatic carbocycles. The number of hydroxylamine groups is 1. The van der Waals surface area contributed by atoms with Gasteiger partial charge in [-0.2, -0.15) is 0 Å². The summed E-state index contributed by atoms with van der Waals surface area (Å²) in [4.78, 5) is 4.53. The summed E-state index contributed by atoms with van der Waals surface area (Å²) in [6.07, 6.45) is 0. The van der Waals surface area contributed by atoms with E-state index < -0.39 is 0 Å². The molecule has 0 rings (SSSR count). The Balaban J connectivity index is 2.60. The summed E-state index contributed by atoms with van der Waals surface area (Å²) in [5, 5.41) is 8.25. The molecule has 0 aromatic carbocycles. The Morgan fingerprint density at radius 2 is 2.22 bits per heavy atom. The minimum atomic E-state index is 0.0764. The molecule has 0 saturated heterocycles. The van der Waals surface area contributed by atoms with E-state index in [2.05, 4.69) is 10.3 Å². The van der Waals surface area contributed by atoms with Crippen LogP contribution in [0.25, 0.3) is 0 Å². The first kappa shape index (κ1) is 8.84. The zero-order valence-corrected chi connectivity index (χ0v) is 5.59. The molecule has 0 spiro atoms. The fourth-order valence-corrected chi connectivity index (χ4v) is 0.383. The van der Waals surface area contributed by atoms with Crippen molar-refractivity contribution >= 4 is 0 Å². The van der Waals surface area contributed by atoms with Gasteiger partial charge in [0.25, 0.3) is 0 Å². The van der Waals surface area contributed by atoms with Crippen molar-refractivity contribution in [3.05, 3.63) is 0 Å². The number of nitrogens with one attached hydrogen (secondary N) is 1. The lowest BCUT2D eigenvalue weighted by molar-refractivity contribution is 0.0444. The maximum Gasteiger partial charge on any atom is 0.0698 e. The Bertz CT molecular complexity index is 45.5. The van der Waals surface area contributed by atoms with Crippen LogP contribution in [-0.4, -0.2) is 38.6 Å². The third-order valence-electron chi connectivity index (χ3n) is 0.728. The largest absolute Gasteiger partial charge is 0.394 e. The molecule has 0 unspecified atom stereocenters. The summed E-state index contributed by atoms with van der Waals surface area (Å²) < 4.78 is 4.89. The molecule has 9 heavy (non-hydrogen) atoms. The quantitative estimate of drug-likeness (QED) is 0.368. The van der Waals surface area contributed by atoms with Crippen LogP contribution < -0.4 is 5.48 Å². The second-order valence-electron chi connectivity index (χ2n) is 1.43. The van der Waals surface area contributed by atoms with E-state index in [1.54, 1.807) is 7.11 Å². The topological polar surface area (TPSA) is 50.7 Å². The average molecular weight is 135 g/mol. The van der Waals surface area contributed by atoms with Crippen LogP contribution in [0.3, 0.4) is 0 Å². The Morgan fingerprint density at radius 1 is 1.44 bits per heavy atom. The second kappa shape index (κ2) is 7.84. The molecule has 0 fully saturated rings. The molecule has 2 N–H and O–H groups in total. The first-order valence-electron chi connectivity index (χ1n) is 2.86. The fraction of sp³-hybridized carbons (Fsp3) is 1.00. The first-order valence-corrected chi connectivity index (χ1v) is 2.86. The van der Waals surface area contributed by atoms with Gasteiger partial charge in [-0.3, -0.25) is 0 Å². The highest BCUT2D eigenvalue weighted by molar-refractivity contribution is 4.31. The third-order valence-corrected chi connectivity index (χ3v) is 0.728. The third kappa shape index (κ3) is 7.84. The predicted molar refractivity (Wildman–Crippen MR) is 32.9 cm³/mol. The lowest BCUT2D eigenvalue weighted by Crippen LogP contribution is -2.18. The van der Waals surface area contributed by atoms with E-state index in [1.807, 2.05) is 0 Å². The summed E-state index contributed by atoms with van der Waals surface area (Å²) in [5.41, 5.74) is 2.60. The summed E-state index contributed by atoms with van der Waals surface area (Å²) in [5.74, 6) is 0. The van der Waals surface area contributed by atoms with Gasteiger partial charge in [0.05, 0.1) is 26.9 Å². The summed E-state index contributed by atoms with van der Waals surface area (Å²) >= 11 is 0. The fourth-order valence-electron chi connectivity index (χ4n) is 0.383. The van der Waals surface area contributed by atoms with Crippen molar-refractivity contribution in [2.75, 3.05) is 33.5 Å². The number of hydrogen-bond donors (Lipinski definition) is 2. The first-order chi connectivity index (χ1) is 4.41. The lowest BCUT2D eigenvalue weighted by Gasteiger charge is -2.01. The van der Waals surface area contributed by atoms with Crippen molar-refractivity contribution < 1.29 is 14.7 Å².